The Labute approximate surface area is 110 Å². The van der Waals surface area contributed by atoms with Crippen molar-refractivity contribution < 1.29 is 19.0 Å². The van der Waals surface area contributed by atoms with Crippen LogP contribution in [-0.4, -0.2) is 18.2 Å². The number of hydrogen-bond acceptors (Lipinski definition) is 2. The number of ether oxygens (including phenoxy) is 1. The van der Waals surface area contributed by atoms with Crippen LogP contribution in [0, 0.1) is 17.7 Å². The van der Waals surface area contributed by atoms with Crippen LogP contribution in [0.5, 0.6) is 5.75 Å². The summed E-state index contributed by atoms with van der Waals surface area (Å²) < 4.78 is 18.7. The van der Waals surface area contributed by atoms with Gasteiger partial charge in [0.2, 0.25) is 0 Å². The molecular weight excluding hydrogens is 247 g/mol. The predicted octanol–water partition coefficient (Wildman–Crippen LogP) is 2.88. The summed E-state index contributed by atoms with van der Waals surface area (Å²) in [6.07, 6.45) is 4.46. The Morgan fingerprint density at radius 1 is 1.47 bits per heavy atom. The van der Waals surface area contributed by atoms with Gasteiger partial charge in [0, 0.05) is 5.56 Å². The van der Waals surface area contributed by atoms with E-state index < -0.39 is 5.97 Å². The number of carboxylic acids is 1. The first-order chi connectivity index (χ1) is 9.11. The minimum atomic E-state index is -0.983. The Balaban J connectivity index is 2.21. The van der Waals surface area contributed by atoms with Crippen LogP contribution >= 0.6 is 0 Å². The van der Waals surface area contributed by atoms with Crippen LogP contribution in [-0.2, 0) is 4.79 Å². The Morgan fingerprint density at radius 3 is 2.95 bits per heavy atom. The molecule has 4 heteroatoms. The van der Waals surface area contributed by atoms with Crippen molar-refractivity contribution in [2.45, 2.75) is 6.42 Å². The fraction of sp³-hybridized carbons (Fsp3) is 0.267. The van der Waals surface area contributed by atoms with E-state index >= 15 is 0 Å². The fourth-order valence-corrected chi connectivity index (χ4v) is 2.69. The molecule has 98 valence electrons. The van der Waals surface area contributed by atoms with Gasteiger partial charge in [-0.2, -0.15) is 0 Å². The monoisotopic (exact) mass is 260 g/mol. The molecule has 0 bridgehead atoms. The van der Waals surface area contributed by atoms with Gasteiger partial charge in [-0.15, -0.1) is 0 Å². The molecule has 2 atom stereocenters. The van der Waals surface area contributed by atoms with Gasteiger partial charge >= 0.3 is 5.97 Å². The molecule has 19 heavy (non-hydrogen) atoms. The molecule has 1 aromatic carbocycles. The van der Waals surface area contributed by atoms with Crippen molar-refractivity contribution in [3.05, 3.63) is 47.3 Å². The van der Waals surface area contributed by atoms with E-state index in [0.29, 0.717) is 22.8 Å². The summed E-state index contributed by atoms with van der Waals surface area (Å²) in [7, 11) is 1.50. The van der Waals surface area contributed by atoms with E-state index in [1.807, 2.05) is 6.08 Å². The molecule has 1 N–H and O–H groups in total. The molecule has 0 radical (unpaired) electrons. The van der Waals surface area contributed by atoms with Crippen molar-refractivity contribution in [2.75, 3.05) is 7.11 Å². The third kappa shape index (κ3) is 1.93. The maximum atomic E-state index is 13.5. The minimum absolute atomic E-state index is 0.173. The molecule has 0 saturated heterocycles. The lowest BCUT2D eigenvalue weighted by Crippen LogP contribution is -2.08. The first-order valence-electron chi connectivity index (χ1n) is 6.11. The zero-order chi connectivity index (χ0) is 13.6. The second-order valence-electron chi connectivity index (χ2n) is 4.84. The highest BCUT2D eigenvalue weighted by Crippen LogP contribution is 2.54. The van der Waals surface area contributed by atoms with Gasteiger partial charge in [0.25, 0.3) is 0 Å². The minimum Gasteiger partial charge on any atom is -0.496 e. The normalized spacial score (nSPS) is 24.1. The summed E-state index contributed by atoms with van der Waals surface area (Å²) >= 11 is 0. The van der Waals surface area contributed by atoms with E-state index in [1.165, 1.54) is 25.3 Å². The highest BCUT2D eigenvalue weighted by molar-refractivity contribution is 6.02. The van der Waals surface area contributed by atoms with Crippen molar-refractivity contribution in [3.8, 4) is 5.75 Å². The number of halogens is 1. The average molecular weight is 260 g/mol. The Hall–Kier alpha value is -2.10. The van der Waals surface area contributed by atoms with Gasteiger partial charge in [-0.1, -0.05) is 12.2 Å². The van der Waals surface area contributed by atoms with Crippen LogP contribution in [0.3, 0.4) is 0 Å². The lowest BCUT2D eigenvalue weighted by molar-refractivity contribution is -0.132. The summed E-state index contributed by atoms with van der Waals surface area (Å²) in [6, 6.07) is 4.20. The smallest absolute Gasteiger partial charge is 0.335 e. The molecule has 3 nitrogen and oxygen atoms in total. The van der Waals surface area contributed by atoms with E-state index in [4.69, 9.17) is 4.74 Å². The van der Waals surface area contributed by atoms with Crippen LogP contribution in [0.1, 0.15) is 12.0 Å². The molecule has 2 aliphatic carbocycles. The molecule has 0 aromatic heterocycles. The van der Waals surface area contributed by atoms with Gasteiger partial charge in [-0.3, -0.25) is 0 Å². The lowest BCUT2D eigenvalue weighted by Gasteiger charge is -2.16. The van der Waals surface area contributed by atoms with Gasteiger partial charge in [0.1, 0.15) is 11.6 Å². The van der Waals surface area contributed by atoms with Crippen LogP contribution in [0.4, 0.5) is 4.39 Å². The SMILES string of the molecule is COc1ccc(F)cc1C1=C(C(=O)O)C=C[C@@H]2CC12. The summed E-state index contributed by atoms with van der Waals surface area (Å²) in [6.45, 7) is 0. The van der Waals surface area contributed by atoms with E-state index in [-0.39, 0.29) is 17.3 Å². The van der Waals surface area contributed by atoms with Gasteiger partial charge in [0.05, 0.1) is 12.7 Å². The van der Waals surface area contributed by atoms with Crippen molar-refractivity contribution in [2.24, 2.45) is 11.8 Å². The topological polar surface area (TPSA) is 46.5 Å². The molecule has 0 heterocycles. The predicted molar refractivity (Wildman–Crippen MR) is 68.2 cm³/mol. The molecular formula is C15H13FO3. The number of methoxy groups -OCH3 is 1. The second kappa shape index (κ2) is 4.23. The molecule has 2 aliphatic rings. The third-order valence-electron chi connectivity index (χ3n) is 3.69. The zero-order valence-corrected chi connectivity index (χ0v) is 10.4. The largest absolute Gasteiger partial charge is 0.496 e. The van der Waals surface area contributed by atoms with Gasteiger partial charge < -0.3 is 9.84 Å². The van der Waals surface area contributed by atoms with E-state index in [9.17, 15) is 14.3 Å². The number of rotatable bonds is 3. The first kappa shape index (κ1) is 12.0. The highest BCUT2D eigenvalue weighted by Gasteiger charge is 2.43. The number of aliphatic carboxylic acids is 1. The van der Waals surface area contributed by atoms with E-state index in [1.54, 1.807) is 6.08 Å². The van der Waals surface area contributed by atoms with E-state index in [2.05, 4.69) is 0 Å². The number of hydrogen-bond donors (Lipinski definition) is 1. The summed E-state index contributed by atoms with van der Waals surface area (Å²) in [5.74, 6) is -0.309. The number of benzene rings is 1. The molecule has 1 fully saturated rings. The molecule has 0 spiro atoms. The zero-order valence-electron chi connectivity index (χ0n) is 10.4. The lowest BCUT2D eigenvalue weighted by atomic mass is 9.90. The summed E-state index contributed by atoms with van der Waals surface area (Å²) in [5.41, 5.74) is 1.48. The van der Waals surface area contributed by atoms with Crippen LogP contribution in [0.25, 0.3) is 5.57 Å². The summed E-state index contributed by atoms with van der Waals surface area (Å²) in [4.78, 5) is 11.3. The number of carboxylic acid groups (broad SMARTS) is 1. The first-order valence-corrected chi connectivity index (χ1v) is 6.11. The van der Waals surface area contributed by atoms with Crippen LogP contribution < -0.4 is 4.74 Å². The fourth-order valence-electron chi connectivity index (χ4n) is 2.69. The third-order valence-corrected chi connectivity index (χ3v) is 3.69. The number of carbonyl (C=O) groups is 1. The highest BCUT2D eigenvalue weighted by atomic mass is 19.1. The maximum absolute atomic E-state index is 13.5. The van der Waals surface area contributed by atoms with Gasteiger partial charge in [-0.05, 0) is 42.0 Å². The maximum Gasteiger partial charge on any atom is 0.335 e. The van der Waals surface area contributed by atoms with Crippen molar-refractivity contribution in [1.82, 2.24) is 0 Å². The molecule has 0 amide bonds. The standard InChI is InChI=1S/C15H13FO3/c1-19-13-5-3-9(16)7-12(13)14-10(15(17)18)4-2-8-6-11(8)14/h2-5,7-8,11H,6H2,1H3,(H,17,18)/t8-,11?/m1/s1. The van der Waals surface area contributed by atoms with Crippen LogP contribution in [0.2, 0.25) is 0 Å². The summed E-state index contributed by atoms with van der Waals surface area (Å²) in [5, 5.41) is 9.30. The molecule has 1 unspecified atom stereocenters. The molecule has 0 aliphatic heterocycles. The van der Waals surface area contributed by atoms with Crippen LogP contribution in [0.15, 0.2) is 35.9 Å². The van der Waals surface area contributed by atoms with Crippen molar-refractivity contribution in [3.63, 3.8) is 0 Å². The molecule has 1 saturated carbocycles. The van der Waals surface area contributed by atoms with Crippen molar-refractivity contribution >= 4 is 11.5 Å². The Bertz CT molecular complexity index is 616. The molecule has 1 aromatic rings. The van der Waals surface area contributed by atoms with Gasteiger partial charge in [-0.25, -0.2) is 9.18 Å². The van der Waals surface area contributed by atoms with Crippen molar-refractivity contribution in [1.29, 1.82) is 0 Å². The second-order valence-corrected chi connectivity index (χ2v) is 4.84. The van der Waals surface area contributed by atoms with E-state index in [0.717, 1.165) is 6.42 Å². The Kier molecular flexibility index (Phi) is 2.66. The average Bonchev–Trinajstić information content (AvgIpc) is 3.16. The molecule has 3 rings (SSSR count). The number of fused-ring (bicyclic) bond motifs is 1. The Morgan fingerprint density at radius 2 is 2.26 bits per heavy atom. The quantitative estimate of drug-likeness (QED) is 0.909. The number of allylic oxidation sites excluding steroid dienone is 2. The van der Waals surface area contributed by atoms with Gasteiger partial charge in [0.15, 0.2) is 0 Å².